The predicted octanol–water partition coefficient (Wildman–Crippen LogP) is 1.10. The van der Waals surface area contributed by atoms with E-state index in [1.807, 2.05) is 0 Å². The summed E-state index contributed by atoms with van der Waals surface area (Å²) in [4.78, 5) is 16.3. The Morgan fingerprint density at radius 1 is 1.17 bits per heavy atom. The van der Waals surface area contributed by atoms with Gasteiger partial charge in [0, 0.05) is 44.8 Å². The second kappa shape index (κ2) is 8.27. The molecule has 4 nitrogen and oxygen atoms in total. The largest absolute Gasteiger partial charge is 0.351 e. The number of carbonyl (C=O) groups excluding carboxylic acids is 1. The van der Waals surface area contributed by atoms with E-state index in [1.165, 1.54) is 19.4 Å². The molecule has 0 saturated carbocycles. The second-order valence-electron chi connectivity index (χ2n) is 5.07. The summed E-state index contributed by atoms with van der Waals surface area (Å²) in [6, 6.07) is 0. The van der Waals surface area contributed by atoms with Crippen molar-refractivity contribution in [3.8, 4) is 0 Å². The molecule has 0 atom stereocenters. The van der Waals surface area contributed by atoms with E-state index in [0.29, 0.717) is 5.57 Å². The second-order valence-corrected chi connectivity index (χ2v) is 5.07. The van der Waals surface area contributed by atoms with Gasteiger partial charge in [-0.1, -0.05) is 19.9 Å². The summed E-state index contributed by atoms with van der Waals surface area (Å²) in [5.41, 5.74) is 0.583. The minimum absolute atomic E-state index is 0.0309. The van der Waals surface area contributed by atoms with E-state index in [9.17, 15) is 4.79 Å². The molecule has 0 bridgehead atoms. The zero-order valence-corrected chi connectivity index (χ0v) is 11.9. The van der Waals surface area contributed by atoms with E-state index in [-0.39, 0.29) is 5.91 Å². The highest BCUT2D eigenvalue weighted by Crippen LogP contribution is 2.02. The fourth-order valence-corrected chi connectivity index (χ4v) is 2.10. The summed E-state index contributed by atoms with van der Waals surface area (Å²) in [5, 5.41) is 2.88. The van der Waals surface area contributed by atoms with Gasteiger partial charge in [0.2, 0.25) is 5.91 Å². The fraction of sp³-hybridized carbons (Fsp3) is 0.786. The molecular weight excluding hydrogens is 226 g/mol. The van der Waals surface area contributed by atoms with Crippen LogP contribution in [-0.2, 0) is 4.79 Å². The van der Waals surface area contributed by atoms with Gasteiger partial charge in [0.1, 0.15) is 0 Å². The Labute approximate surface area is 111 Å². The van der Waals surface area contributed by atoms with Crippen molar-refractivity contribution < 1.29 is 4.79 Å². The molecule has 1 fully saturated rings. The molecule has 1 amide bonds. The van der Waals surface area contributed by atoms with Gasteiger partial charge >= 0.3 is 0 Å². The van der Waals surface area contributed by atoms with Crippen molar-refractivity contribution in [2.75, 3.05) is 45.8 Å². The summed E-state index contributed by atoms with van der Waals surface area (Å²) >= 11 is 0. The lowest BCUT2D eigenvalue weighted by molar-refractivity contribution is -0.117. The zero-order valence-electron chi connectivity index (χ0n) is 11.9. The monoisotopic (exact) mass is 253 g/mol. The third-order valence-electron chi connectivity index (χ3n) is 3.39. The summed E-state index contributed by atoms with van der Waals surface area (Å²) in [5.74, 6) is -0.0309. The number of hydrogen-bond acceptors (Lipinski definition) is 3. The standard InChI is InChI=1S/C14H27N3O/c1-4-5-7-16-9-11-17(12-10-16)8-6-15-14(18)13(2)3/h2,4-12H2,1,3H3,(H,15,18). The van der Waals surface area contributed by atoms with Gasteiger partial charge in [-0.25, -0.2) is 0 Å². The maximum Gasteiger partial charge on any atom is 0.246 e. The molecule has 1 aliphatic heterocycles. The van der Waals surface area contributed by atoms with Crippen LogP contribution in [0.15, 0.2) is 12.2 Å². The Morgan fingerprint density at radius 3 is 2.22 bits per heavy atom. The first-order valence-electron chi connectivity index (χ1n) is 7.02. The Kier molecular flexibility index (Phi) is 6.98. The highest BCUT2D eigenvalue weighted by molar-refractivity contribution is 5.92. The molecule has 4 heteroatoms. The molecule has 104 valence electrons. The molecule has 0 radical (unpaired) electrons. The molecule has 1 rings (SSSR count). The van der Waals surface area contributed by atoms with Gasteiger partial charge in [0.25, 0.3) is 0 Å². The van der Waals surface area contributed by atoms with Crippen LogP contribution in [0.3, 0.4) is 0 Å². The number of nitrogens with zero attached hydrogens (tertiary/aromatic N) is 2. The number of nitrogens with one attached hydrogen (secondary N) is 1. The van der Waals surface area contributed by atoms with Gasteiger partial charge in [-0.2, -0.15) is 0 Å². The average molecular weight is 253 g/mol. The van der Waals surface area contributed by atoms with Crippen LogP contribution < -0.4 is 5.32 Å². The lowest BCUT2D eigenvalue weighted by Crippen LogP contribution is -2.48. The Balaban J connectivity index is 2.08. The first kappa shape index (κ1) is 15.2. The van der Waals surface area contributed by atoms with E-state index in [4.69, 9.17) is 0 Å². The minimum atomic E-state index is -0.0309. The first-order chi connectivity index (χ1) is 8.63. The third kappa shape index (κ3) is 5.65. The molecule has 1 saturated heterocycles. The molecule has 1 N–H and O–H groups in total. The van der Waals surface area contributed by atoms with E-state index in [0.717, 1.165) is 39.3 Å². The molecule has 0 aromatic rings. The lowest BCUT2D eigenvalue weighted by Gasteiger charge is -2.34. The Morgan fingerprint density at radius 2 is 1.72 bits per heavy atom. The van der Waals surface area contributed by atoms with Crippen LogP contribution in [0.1, 0.15) is 26.7 Å². The number of rotatable bonds is 7. The summed E-state index contributed by atoms with van der Waals surface area (Å²) in [6.45, 7) is 15.1. The molecule has 0 aromatic heterocycles. The number of amides is 1. The molecule has 1 aliphatic rings. The molecule has 0 aliphatic carbocycles. The smallest absolute Gasteiger partial charge is 0.246 e. The van der Waals surface area contributed by atoms with Crippen molar-refractivity contribution in [1.82, 2.24) is 15.1 Å². The van der Waals surface area contributed by atoms with E-state index in [1.54, 1.807) is 6.92 Å². The maximum atomic E-state index is 11.3. The fourth-order valence-electron chi connectivity index (χ4n) is 2.10. The topological polar surface area (TPSA) is 35.6 Å². The molecule has 1 heterocycles. The highest BCUT2D eigenvalue weighted by Gasteiger charge is 2.15. The van der Waals surface area contributed by atoms with Crippen LogP contribution in [-0.4, -0.2) is 61.5 Å². The minimum Gasteiger partial charge on any atom is -0.351 e. The summed E-state index contributed by atoms with van der Waals surface area (Å²) in [7, 11) is 0. The van der Waals surface area contributed by atoms with Crippen LogP contribution in [0, 0.1) is 0 Å². The highest BCUT2D eigenvalue weighted by atomic mass is 16.1. The quantitative estimate of drug-likeness (QED) is 0.690. The SMILES string of the molecule is C=C(C)C(=O)NCCN1CCN(CCCC)CC1. The van der Waals surface area contributed by atoms with Gasteiger partial charge in [-0.3, -0.25) is 9.69 Å². The number of piperazine rings is 1. The molecule has 0 spiro atoms. The lowest BCUT2D eigenvalue weighted by atomic mass is 10.2. The third-order valence-corrected chi connectivity index (χ3v) is 3.39. The van der Waals surface area contributed by atoms with E-state index >= 15 is 0 Å². The van der Waals surface area contributed by atoms with Crippen molar-refractivity contribution in [2.45, 2.75) is 26.7 Å². The number of carbonyl (C=O) groups is 1. The maximum absolute atomic E-state index is 11.3. The van der Waals surface area contributed by atoms with Crippen LogP contribution in [0.25, 0.3) is 0 Å². The molecule has 0 unspecified atom stereocenters. The summed E-state index contributed by atoms with van der Waals surface area (Å²) in [6.07, 6.45) is 2.57. The van der Waals surface area contributed by atoms with Crippen molar-refractivity contribution in [3.05, 3.63) is 12.2 Å². The van der Waals surface area contributed by atoms with Crippen LogP contribution in [0.2, 0.25) is 0 Å². The first-order valence-corrected chi connectivity index (χ1v) is 7.02. The predicted molar refractivity (Wildman–Crippen MR) is 75.6 cm³/mol. The zero-order chi connectivity index (χ0) is 13.4. The average Bonchev–Trinajstić information content (AvgIpc) is 2.37. The van der Waals surface area contributed by atoms with Gasteiger partial charge in [0.05, 0.1) is 0 Å². The van der Waals surface area contributed by atoms with E-state index < -0.39 is 0 Å². The van der Waals surface area contributed by atoms with Crippen LogP contribution >= 0.6 is 0 Å². The van der Waals surface area contributed by atoms with Crippen molar-refractivity contribution >= 4 is 5.91 Å². The van der Waals surface area contributed by atoms with Gasteiger partial charge in [-0.05, 0) is 19.9 Å². The molecule has 18 heavy (non-hydrogen) atoms. The van der Waals surface area contributed by atoms with Gasteiger partial charge in [-0.15, -0.1) is 0 Å². The number of hydrogen-bond donors (Lipinski definition) is 1. The Hall–Kier alpha value is -0.870. The van der Waals surface area contributed by atoms with Crippen molar-refractivity contribution in [2.24, 2.45) is 0 Å². The van der Waals surface area contributed by atoms with Crippen molar-refractivity contribution in [1.29, 1.82) is 0 Å². The van der Waals surface area contributed by atoms with Crippen LogP contribution in [0.4, 0.5) is 0 Å². The van der Waals surface area contributed by atoms with Gasteiger partial charge < -0.3 is 10.2 Å². The van der Waals surface area contributed by atoms with E-state index in [2.05, 4.69) is 28.6 Å². The summed E-state index contributed by atoms with van der Waals surface area (Å²) < 4.78 is 0. The molecule has 0 aromatic carbocycles. The van der Waals surface area contributed by atoms with Crippen LogP contribution in [0.5, 0.6) is 0 Å². The normalized spacial score (nSPS) is 17.7. The Bertz CT molecular complexity index is 270. The molecular formula is C14H27N3O. The number of unbranched alkanes of at least 4 members (excludes halogenated alkanes) is 1. The van der Waals surface area contributed by atoms with Crippen molar-refractivity contribution in [3.63, 3.8) is 0 Å². The van der Waals surface area contributed by atoms with Gasteiger partial charge in [0.15, 0.2) is 0 Å².